The van der Waals surface area contributed by atoms with Gasteiger partial charge in [-0.25, -0.2) is 18.6 Å². The van der Waals surface area contributed by atoms with Crippen LogP contribution >= 0.6 is 22.7 Å². The molecule has 0 bridgehead atoms. The molecule has 4 heterocycles. The minimum Gasteiger partial charge on any atom is -0.444 e. The smallest absolute Gasteiger partial charge is 0.412 e. The van der Waals surface area contributed by atoms with Gasteiger partial charge in [0.25, 0.3) is 5.91 Å². The van der Waals surface area contributed by atoms with Crippen LogP contribution in [0.4, 0.5) is 30.0 Å². The van der Waals surface area contributed by atoms with Crippen molar-refractivity contribution < 1.29 is 33.0 Å². The molecule has 0 aliphatic carbocycles. The second kappa shape index (κ2) is 13.8. The number of anilines is 3. The molecule has 252 valence electrons. The molecular formula is C32H38F2N6O5S2. The lowest BCUT2D eigenvalue weighted by Crippen LogP contribution is -2.51. The van der Waals surface area contributed by atoms with E-state index in [2.05, 4.69) is 30.8 Å². The van der Waals surface area contributed by atoms with Crippen LogP contribution in [-0.2, 0) is 9.47 Å². The predicted octanol–water partition coefficient (Wildman–Crippen LogP) is 6.95. The van der Waals surface area contributed by atoms with Crippen molar-refractivity contribution in [1.82, 2.24) is 15.3 Å². The van der Waals surface area contributed by atoms with Crippen molar-refractivity contribution in [1.29, 1.82) is 0 Å². The Morgan fingerprint density at radius 1 is 1.09 bits per heavy atom. The largest absolute Gasteiger partial charge is 0.444 e. The number of halogens is 2. The van der Waals surface area contributed by atoms with Crippen LogP contribution in [0.1, 0.15) is 64.9 Å². The van der Waals surface area contributed by atoms with Crippen molar-refractivity contribution in [2.45, 2.75) is 78.0 Å². The van der Waals surface area contributed by atoms with Gasteiger partial charge in [-0.1, -0.05) is 17.4 Å². The number of nitrogens with zero attached hydrogens (tertiary/aromatic N) is 3. The van der Waals surface area contributed by atoms with Gasteiger partial charge in [0.15, 0.2) is 5.69 Å². The summed E-state index contributed by atoms with van der Waals surface area (Å²) in [6, 6.07) is 5.17. The number of carbonyl (C=O) groups is 2. The van der Waals surface area contributed by atoms with Gasteiger partial charge in [0.2, 0.25) is 6.41 Å². The maximum atomic E-state index is 14.8. The number of carbonyl (C=O) groups excluding carboxylic acids is 2. The van der Waals surface area contributed by atoms with Gasteiger partial charge in [0.1, 0.15) is 27.2 Å². The number of aromatic nitrogens is 2. The summed E-state index contributed by atoms with van der Waals surface area (Å²) in [5, 5.41) is 20.8. The minimum absolute atomic E-state index is 0.0452. The fourth-order valence-corrected chi connectivity index (χ4v) is 7.06. The van der Waals surface area contributed by atoms with E-state index < -0.39 is 46.8 Å². The van der Waals surface area contributed by atoms with Crippen molar-refractivity contribution >= 4 is 61.3 Å². The first-order chi connectivity index (χ1) is 22.1. The fraction of sp³-hybridized carbons (Fsp3) is 0.438. The molecule has 1 unspecified atom stereocenters. The molecule has 4 aromatic rings. The Labute approximate surface area is 279 Å². The highest BCUT2D eigenvalue weighted by atomic mass is 32.1. The number of thiophene rings is 1. The molecule has 2 amide bonds. The van der Waals surface area contributed by atoms with Crippen LogP contribution < -0.4 is 20.9 Å². The number of fused-ring (bicyclic) bond motifs is 1. The highest BCUT2D eigenvalue weighted by molar-refractivity contribution is 7.19. The van der Waals surface area contributed by atoms with Crippen molar-refractivity contribution in [2.24, 2.45) is 0 Å². The number of hydrogen-bond donors (Lipinski definition) is 4. The Kier molecular flexibility index (Phi) is 10.1. The van der Waals surface area contributed by atoms with Crippen LogP contribution in [-0.4, -0.2) is 63.8 Å². The summed E-state index contributed by atoms with van der Waals surface area (Å²) in [6.07, 6.45) is 1.13. The zero-order valence-electron chi connectivity index (χ0n) is 26.9. The molecule has 1 aromatic carbocycles. The number of ether oxygens (including phenoxy) is 2. The number of hydrogen-bond acceptors (Lipinski definition) is 11. The SMILES string of the molecule is CC(C)(C)OC(=O)Nc1sc(-c2c(F)cccc2F)nc1C(=O)Nc1cnc2ccsc2c1N1CCC[C@H](NC(O)OC(C)(C)C)C1. The lowest BCUT2D eigenvalue weighted by atomic mass is 10.0. The highest BCUT2D eigenvalue weighted by Gasteiger charge is 2.30. The predicted molar refractivity (Wildman–Crippen MR) is 180 cm³/mol. The zero-order valence-corrected chi connectivity index (χ0v) is 28.6. The van der Waals surface area contributed by atoms with Crippen LogP contribution in [0.3, 0.4) is 0 Å². The number of nitrogens with one attached hydrogen (secondary N) is 3. The topological polar surface area (TPSA) is 138 Å². The van der Waals surface area contributed by atoms with Crippen LogP contribution in [0.5, 0.6) is 0 Å². The summed E-state index contributed by atoms with van der Waals surface area (Å²) in [5.74, 6) is -2.46. The third kappa shape index (κ3) is 8.59. The second-order valence-corrected chi connectivity index (χ2v) is 15.0. The summed E-state index contributed by atoms with van der Waals surface area (Å²) >= 11 is 2.22. The van der Waals surface area contributed by atoms with Crippen molar-refractivity contribution in [2.75, 3.05) is 28.6 Å². The molecule has 11 nitrogen and oxygen atoms in total. The number of amides is 2. The first-order valence-corrected chi connectivity index (χ1v) is 16.8. The van der Waals surface area contributed by atoms with Crippen LogP contribution in [0.15, 0.2) is 35.8 Å². The Morgan fingerprint density at radius 3 is 2.49 bits per heavy atom. The van der Waals surface area contributed by atoms with Crippen molar-refractivity contribution in [3.63, 3.8) is 0 Å². The number of benzene rings is 1. The molecule has 0 saturated carbocycles. The summed E-state index contributed by atoms with van der Waals surface area (Å²) < 4.78 is 41.4. The number of pyridine rings is 1. The van der Waals surface area contributed by atoms with Gasteiger partial charge >= 0.3 is 6.09 Å². The first kappa shape index (κ1) is 34.6. The van der Waals surface area contributed by atoms with E-state index in [1.807, 2.05) is 32.2 Å². The molecular weight excluding hydrogens is 651 g/mol. The highest BCUT2D eigenvalue weighted by Crippen LogP contribution is 2.40. The number of aliphatic hydroxyl groups is 1. The van der Waals surface area contributed by atoms with Gasteiger partial charge in [0, 0.05) is 19.1 Å². The molecule has 3 aromatic heterocycles. The monoisotopic (exact) mass is 688 g/mol. The Balaban J connectivity index is 1.47. The second-order valence-electron chi connectivity index (χ2n) is 13.1. The molecule has 15 heteroatoms. The molecule has 0 radical (unpaired) electrons. The summed E-state index contributed by atoms with van der Waals surface area (Å²) in [7, 11) is 0. The van der Waals surface area contributed by atoms with Gasteiger partial charge in [-0.05, 0) is 78.0 Å². The standard InChI is InChI=1S/C32H38F2N6O5S2/c1-31(2,3)44-29(42)36-17-9-8-13-40(16-17)24-21(15-35-20-12-14-46-25(20)24)37-26(41)23-28(39-30(43)45-32(4,5)6)47-27(38-23)22-18(33)10-7-11-19(22)34/h7,10-12,14-15,17,29,36,42H,8-9,13,16H2,1-6H3,(H,37,41)(H,39,43)/t17-,29?/m0/s1. The molecule has 47 heavy (non-hydrogen) atoms. The molecule has 2 atom stereocenters. The average Bonchev–Trinajstić information content (AvgIpc) is 3.58. The Hall–Kier alpha value is -3.76. The number of piperidine rings is 1. The van der Waals surface area contributed by atoms with Crippen LogP contribution in [0, 0.1) is 11.6 Å². The van der Waals surface area contributed by atoms with E-state index in [9.17, 15) is 23.5 Å². The summed E-state index contributed by atoms with van der Waals surface area (Å²) in [5.41, 5.74) is -0.207. The first-order valence-electron chi connectivity index (χ1n) is 15.1. The molecule has 1 aliphatic heterocycles. The Morgan fingerprint density at radius 2 is 1.81 bits per heavy atom. The molecule has 0 spiro atoms. The third-order valence-electron chi connectivity index (χ3n) is 6.91. The zero-order chi connectivity index (χ0) is 34.1. The van der Waals surface area contributed by atoms with E-state index in [1.54, 1.807) is 27.0 Å². The maximum absolute atomic E-state index is 14.8. The molecule has 1 saturated heterocycles. The van der Waals surface area contributed by atoms with Crippen molar-refractivity contribution in [3.8, 4) is 10.6 Å². The van der Waals surface area contributed by atoms with E-state index in [1.165, 1.54) is 17.4 Å². The minimum atomic E-state index is -1.16. The number of thiazole rings is 1. The average molecular weight is 689 g/mol. The van der Waals surface area contributed by atoms with E-state index in [0.717, 1.165) is 52.2 Å². The number of aliphatic hydroxyl groups excluding tert-OH is 1. The van der Waals surface area contributed by atoms with Crippen molar-refractivity contribution in [3.05, 3.63) is 53.2 Å². The fourth-order valence-electron chi connectivity index (χ4n) is 5.14. The maximum Gasteiger partial charge on any atom is 0.412 e. The van der Waals surface area contributed by atoms with Gasteiger partial charge in [-0.2, -0.15) is 0 Å². The Bertz CT molecular complexity index is 1750. The van der Waals surface area contributed by atoms with E-state index in [-0.39, 0.29) is 21.7 Å². The normalized spacial score (nSPS) is 16.3. The van der Waals surface area contributed by atoms with Gasteiger partial charge < -0.3 is 24.8 Å². The third-order valence-corrected chi connectivity index (χ3v) is 8.81. The van der Waals surface area contributed by atoms with Gasteiger partial charge in [-0.3, -0.25) is 20.4 Å². The van der Waals surface area contributed by atoms with E-state index >= 15 is 0 Å². The molecule has 1 fully saturated rings. The quantitative estimate of drug-likeness (QED) is 0.145. The molecule has 1 aliphatic rings. The lowest BCUT2D eigenvalue weighted by Gasteiger charge is -2.37. The van der Waals surface area contributed by atoms with Crippen LogP contribution in [0.2, 0.25) is 0 Å². The molecule has 5 rings (SSSR count). The summed E-state index contributed by atoms with van der Waals surface area (Å²) in [4.78, 5) is 37.6. The summed E-state index contributed by atoms with van der Waals surface area (Å²) in [6.45, 7) is 11.8. The van der Waals surface area contributed by atoms with E-state index in [4.69, 9.17) is 9.47 Å². The van der Waals surface area contributed by atoms with E-state index in [0.29, 0.717) is 18.8 Å². The van der Waals surface area contributed by atoms with Gasteiger partial charge in [-0.15, -0.1) is 11.3 Å². The van der Waals surface area contributed by atoms with Gasteiger partial charge in [0.05, 0.1) is 39.0 Å². The van der Waals surface area contributed by atoms with Crippen LogP contribution in [0.25, 0.3) is 20.8 Å². The molecule has 4 N–H and O–H groups in total. The lowest BCUT2D eigenvalue weighted by molar-refractivity contribution is -0.185. The number of rotatable bonds is 8.